The van der Waals surface area contributed by atoms with E-state index in [0.717, 1.165) is 19.5 Å². The standard InChI is InChI=1S/C14H17Cl3N2O/c1-9-3-2-4-19(7-9)8-14(20)18-13-6-11(16)10(15)5-12(13)17/h5-6,9H,2-4,7-8H2,1H3,(H,18,20)/t9-/m0/s1. The van der Waals surface area contributed by atoms with Crippen LogP contribution in [0.25, 0.3) is 0 Å². The molecule has 110 valence electrons. The predicted molar refractivity (Wildman–Crippen MR) is 84.9 cm³/mol. The molecule has 1 fully saturated rings. The smallest absolute Gasteiger partial charge is 0.238 e. The number of rotatable bonds is 3. The quantitative estimate of drug-likeness (QED) is 0.834. The molecule has 0 aliphatic carbocycles. The molecule has 1 aliphatic heterocycles. The highest BCUT2D eigenvalue weighted by Gasteiger charge is 2.19. The maximum Gasteiger partial charge on any atom is 0.238 e. The number of likely N-dealkylation sites (tertiary alicyclic amines) is 1. The molecular formula is C14H17Cl3N2O. The Bertz CT molecular complexity index is 507. The SMILES string of the molecule is C[C@H]1CCCN(CC(=O)Nc2cc(Cl)c(Cl)cc2Cl)C1. The highest BCUT2D eigenvalue weighted by atomic mass is 35.5. The van der Waals surface area contributed by atoms with Gasteiger partial charge in [-0.1, -0.05) is 41.7 Å². The summed E-state index contributed by atoms with van der Waals surface area (Å²) in [5.41, 5.74) is 0.496. The van der Waals surface area contributed by atoms with E-state index in [4.69, 9.17) is 34.8 Å². The number of halogens is 3. The Morgan fingerprint density at radius 2 is 2.00 bits per heavy atom. The van der Waals surface area contributed by atoms with Crippen molar-refractivity contribution >= 4 is 46.4 Å². The number of carbonyl (C=O) groups is 1. The molecule has 6 heteroatoms. The number of hydrogen-bond donors (Lipinski definition) is 1. The fourth-order valence-corrected chi connectivity index (χ4v) is 3.04. The molecule has 1 aromatic rings. The van der Waals surface area contributed by atoms with Crippen LogP contribution in [0.15, 0.2) is 12.1 Å². The van der Waals surface area contributed by atoms with E-state index in [1.165, 1.54) is 12.5 Å². The van der Waals surface area contributed by atoms with Crippen molar-refractivity contribution in [1.82, 2.24) is 4.90 Å². The van der Waals surface area contributed by atoms with Crippen LogP contribution in [0.3, 0.4) is 0 Å². The number of hydrogen-bond acceptors (Lipinski definition) is 2. The van der Waals surface area contributed by atoms with Crippen LogP contribution in [0, 0.1) is 5.92 Å². The van der Waals surface area contributed by atoms with Gasteiger partial charge in [0, 0.05) is 6.54 Å². The van der Waals surface area contributed by atoms with Crippen molar-refractivity contribution in [2.24, 2.45) is 5.92 Å². The molecule has 20 heavy (non-hydrogen) atoms. The molecule has 0 unspecified atom stereocenters. The first kappa shape index (κ1) is 15.9. The average molecular weight is 336 g/mol. The van der Waals surface area contributed by atoms with Crippen molar-refractivity contribution < 1.29 is 4.79 Å². The van der Waals surface area contributed by atoms with Crippen molar-refractivity contribution in [1.29, 1.82) is 0 Å². The van der Waals surface area contributed by atoms with Gasteiger partial charge >= 0.3 is 0 Å². The lowest BCUT2D eigenvalue weighted by molar-refractivity contribution is -0.117. The fraction of sp³-hybridized carbons (Fsp3) is 0.500. The molecule has 1 saturated heterocycles. The van der Waals surface area contributed by atoms with Crippen LogP contribution in [-0.4, -0.2) is 30.4 Å². The molecule has 0 aromatic heterocycles. The van der Waals surface area contributed by atoms with Gasteiger partial charge in [-0.2, -0.15) is 0 Å². The summed E-state index contributed by atoms with van der Waals surface area (Å²) in [5, 5.41) is 3.92. The number of piperidine rings is 1. The second-order valence-corrected chi connectivity index (χ2v) is 6.50. The average Bonchev–Trinajstić information content (AvgIpc) is 2.36. The molecule has 1 amide bonds. The number of nitrogens with one attached hydrogen (secondary N) is 1. The van der Waals surface area contributed by atoms with Crippen molar-refractivity contribution in [3.63, 3.8) is 0 Å². The number of benzene rings is 1. The van der Waals surface area contributed by atoms with E-state index in [1.54, 1.807) is 6.07 Å². The van der Waals surface area contributed by atoms with Crippen molar-refractivity contribution in [3.05, 3.63) is 27.2 Å². The minimum atomic E-state index is -0.0839. The highest BCUT2D eigenvalue weighted by molar-refractivity contribution is 6.44. The minimum Gasteiger partial charge on any atom is -0.324 e. The lowest BCUT2D eigenvalue weighted by atomic mass is 10.0. The normalized spacial score (nSPS) is 19.9. The van der Waals surface area contributed by atoms with E-state index in [0.29, 0.717) is 33.2 Å². The Labute approximate surface area is 134 Å². The maximum atomic E-state index is 12.0. The Kier molecular flexibility index (Phi) is 5.56. The Morgan fingerprint density at radius 3 is 2.70 bits per heavy atom. The first-order chi connectivity index (χ1) is 9.45. The molecule has 1 heterocycles. The third-order valence-electron chi connectivity index (χ3n) is 3.39. The molecule has 0 bridgehead atoms. The first-order valence-electron chi connectivity index (χ1n) is 6.62. The number of amides is 1. The van der Waals surface area contributed by atoms with Gasteiger partial charge < -0.3 is 5.32 Å². The van der Waals surface area contributed by atoms with E-state index < -0.39 is 0 Å². The molecule has 0 spiro atoms. The van der Waals surface area contributed by atoms with Crippen LogP contribution < -0.4 is 5.32 Å². The van der Waals surface area contributed by atoms with E-state index >= 15 is 0 Å². The second kappa shape index (κ2) is 6.99. The first-order valence-corrected chi connectivity index (χ1v) is 7.76. The van der Waals surface area contributed by atoms with Gasteiger partial charge in [0.1, 0.15) is 0 Å². The Hall–Kier alpha value is -0.480. The van der Waals surface area contributed by atoms with Gasteiger partial charge in [0.05, 0.1) is 27.3 Å². The van der Waals surface area contributed by atoms with Gasteiger partial charge in [-0.15, -0.1) is 0 Å². The van der Waals surface area contributed by atoms with Gasteiger partial charge in [0.2, 0.25) is 5.91 Å². The fourth-order valence-electron chi connectivity index (χ4n) is 2.44. The number of carbonyl (C=O) groups excluding carboxylic acids is 1. The zero-order valence-corrected chi connectivity index (χ0v) is 13.5. The largest absolute Gasteiger partial charge is 0.324 e. The van der Waals surface area contributed by atoms with Crippen LogP contribution in [0.2, 0.25) is 15.1 Å². The summed E-state index contributed by atoms with van der Waals surface area (Å²) in [7, 11) is 0. The molecule has 0 radical (unpaired) electrons. The molecule has 2 rings (SSSR count). The van der Waals surface area contributed by atoms with Gasteiger partial charge in [-0.25, -0.2) is 0 Å². The number of anilines is 1. The molecule has 1 aromatic carbocycles. The zero-order chi connectivity index (χ0) is 14.7. The Balaban J connectivity index is 1.96. The molecule has 1 aliphatic rings. The minimum absolute atomic E-state index is 0.0839. The van der Waals surface area contributed by atoms with Gasteiger partial charge in [-0.05, 0) is 37.4 Å². The summed E-state index contributed by atoms with van der Waals surface area (Å²) in [4.78, 5) is 14.2. The summed E-state index contributed by atoms with van der Waals surface area (Å²) >= 11 is 17.8. The molecule has 0 saturated carbocycles. The van der Waals surface area contributed by atoms with Crippen molar-refractivity contribution in [2.75, 3.05) is 25.0 Å². The summed E-state index contributed by atoms with van der Waals surface area (Å²) in [5.74, 6) is 0.560. The topological polar surface area (TPSA) is 32.3 Å². The molecule has 1 N–H and O–H groups in total. The number of nitrogens with zero attached hydrogens (tertiary/aromatic N) is 1. The molecule has 3 nitrogen and oxygen atoms in total. The van der Waals surface area contributed by atoms with Crippen LogP contribution in [0.5, 0.6) is 0 Å². The predicted octanol–water partition coefficient (Wildman–Crippen LogP) is 4.32. The van der Waals surface area contributed by atoms with Crippen LogP contribution >= 0.6 is 34.8 Å². The highest BCUT2D eigenvalue weighted by Crippen LogP contribution is 2.32. The van der Waals surface area contributed by atoms with Gasteiger partial charge in [0.15, 0.2) is 0 Å². The molecule has 1 atom stereocenters. The summed E-state index contributed by atoms with van der Waals surface area (Å²) < 4.78 is 0. The van der Waals surface area contributed by atoms with Crippen molar-refractivity contribution in [2.45, 2.75) is 19.8 Å². The van der Waals surface area contributed by atoms with E-state index in [9.17, 15) is 4.79 Å². The summed E-state index contributed by atoms with van der Waals surface area (Å²) in [6, 6.07) is 3.10. The summed E-state index contributed by atoms with van der Waals surface area (Å²) in [6.45, 7) is 4.51. The van der Waals surface area contributed by atoms with Crippen LogP contribution in [-0.2, 0) is 4.79 Å². The van der Waals surface area contributed by atoms with E-state index in [-0.39, 0.29) is 5.91 Å². The van der Waals surface area contributed by atoms with Gasteiger partial charge in [0.25, 0.3) is 0 Å². The van der Waals surface area contributed by atoms with Crippen LogP contribution in [0.1, 0.15) is 19.8 Å². The maximum absolute atomic E-state index is 12.0. The lowest BCUT2D eigenvalue weighted by Crippen LogP contribution is -2.39. The van der Waals surface area contributed by atoms with E-state index in [1.807, 2.05) is 0 Å². The van der Waals surface area contributed by atoms with E-state index in [2.05, 4.69) is 17.1 Å². The molecular weight excluding hydrogens is 319 g/mol. The third-order valence-corrected chi connectivity index (χ3v) is 4.43. The van der Waals surface area contributed by atoms with Crippen molar-refractivity contribution in [3.8, 4) is 0 Å². The van der Waals surface area contributed by atoms with Crippen LogP contribution in [0.4, 0.5) is 5.69 Å². The van der Waals surface area contributed by atoms with Gasteiger partial charge in [-0.3, -0.25) is 9.69 Å². The zero-order valence-electron chi connectivity index (χ0n) is 11.3. The monoisotopic (exact) mass is 334 g/mol. The third kappa shape index (κ3) is 4.26. The Morgan fingerprint density at radius 1 is 1.30 bits per heavy atom. The lowest BCUT2D eigenvalue weighted by Gasteiger charge is -2.30. The summed E-state index contributed by atoms with van der Waals surface area (Å²) in [6.07, 6.45) is 2.37. The second-order valence-electron chi connectivity index (χ2n) is 5.28.